The van der Waals surface area contributed by atoms with E-state index in [2.05, 4.69) is 38.4 Å². The molecular weight excluding hydrogens is 294 g/mol. The molecule has 1 N–H and O–H groups in total. The van der Waals surface area contributed by atoms with Gasteiger partial charge < -0.3 is 10.0 Å². The Hall–Kier alpha value is -1.43. The van der Waals surface area contributed by atoms with Crippen molar-refractivity contribution in [2.75, 3.05) is 31.1 Å². The van der Waals surface area contributed by atoms with Crippen LogP contribution in [0, 0.1) is 6.92 Å². The van der Waals surface area contributed by atoms with Gasteiger partial charge in [0.15, 0.2) is 5.13 Å². The number of hydrogen-bond acceptors (Lipinski definition) is 5. The van der Waals surface area contributed by atoms with Crippen LogP contribution in [-0.4, -0.2) is 47.2 Å². The predicted molar refractivity (Wildman–Crippen MR) is 89.5 cm³/mol. The van der Waals surface area contributed by atoms with E-state index in [1.54, 1.807) is 11.3 Å². The van der Waals surface area contributed by atoms with Crippen LogP contribution in [-0.2, 0) is 6.42 Å². The summed E-state index contributed by atoms with van der Waals surface area (Å²) < 4.78 is 0. The number of aliphatic hydroxyl groups is 1. The highest BCUT2D eigenvalue weighted by Crippen LogP contribution is 2.35. The minimum absolute atomic E-state index is 0.234. The third kappa shape index (κ3) is 2.43. The molecule has 1 aromatic carbocycles. The Labute approximate surface area is 135 Å². The number of piperazine rings is 1. The van der Waals surface area contributed by atoms with Crippen molar-refractivity contribution in [1.82, 2.24) is 9.88 Å². The van der Waals surface area contributed by atoms with E-state index in [-0.39, 0.29) is 12.1 Å². The molecule has 1 fully saturated rings. The van der Waals surface area contributed by atoms with Gasteiger partial charge in [-0.05, 0) is 24.5 Å². The summed E-state index contributed by atoms with van der Waals surface area (Å²) in [5.74, 6) is 0. The van der Waals surface area contributed by atoms with Crippen LogP contribution in [0.2, 0.25) is 0 Å². The third-order valence-electron chi connectivity index (χ3n) is 4.83. The van der Waals surface area contributed by atoms with Crippen molar-refractivity contribution in [2.24, 2.45) is 0 Å². The zero-order valence-electron chi connectivity index (χ0n) is 12.8. The lowest BCUT2D eigenvalue weighted by Crippen LogP contribution is -2.51. The van der Waals surface area contributed by atoms with Gasteiger partial charge >= 0.3 is 0 Å². The molecule has 2 aromatic rings. The molecule has 1 aliphatic carbocycles. The van der Waals surface area contributed by atoms with Crippen LogP contribution in [0.4, 0.5) is 5.13 Å². The molecule has 2 heterocycles. The first kappa shape index (κ1) is 14.2. The highest BCUT2D eigenvalue weighted by atomic mass is 32.1. The summed E-state index contributed by atoms with van der Waals surface area (Å²) in [5.41, 5.74) is 3.52. The fourth-order valence-corrected chi connectivity index (χ4v) is 4.47. The van der Waals surface area contributed by atoms with E-state index in [0.717, 1.165) is 49.0 Å². The van der Waals surface area contributed by atoms with Crippen molar-refractivity contribution in [3.8, 4) is 0 Å². The van der Waals surface area contributed by atoms with Crippen molar-refractivity contribution in [3.63, 3.8) is 0 Å². The number of anilines is 1. The first-order chi connectivity index (χ1) is 10.7. The van der Waals surface area contributed by atoms with Crippen molar-refractivity contribution < 1.29 is 5.11 Å². The zero-order valence-corrected chi connectivity index (χ0v) is 13.6. The van der Waals surface area contributed by atoms with Gasteiger partial charge in [0, 0.05) is 37.6 Å². The normalized spacial score (nSPS) is 25.5. The summed E-state index contributed by atoms with van der Waals surface area (Å²) in [4.78, 5) is 9.39. The van der Waals surface area contributed by atoms with E-state index >= 15 is 0 Å². The Bertz CT molecular complexity index is 663. The van der Waals surface area contributed by atoms with Crippen molar-refractivity contribution in [1.29, 1.82) is 0 Å². The topological polar surface area (TPSA) is 39.6 Å². The Morgan fingerprint density at radius 2 is 1.95 bits per heavy atom. The lowest BCUT2D eigenvalue weighted by Gasteiger charge is -2.39. The van der Waals surface area contributed by atoms with E-state index in [4.69, 9.17) is 0 Å². The van der Waals surface area contributed by atoms with Gasteiger partial charge in [-0.15, -0.1) is 11.3 Å². The number of rotatable bonds is 2. The number of hydrogen-bond donors (Lipinski definition) is 1. The SMILES string of the molecule is Cc1csc(N2CCN(C3Cc4ccccc4C3O)CC2)n1. The summed E-state index contributed by atoms with van der Waals surface area (Å²) in [7, 11) is 0. The number of benzene rings is 1. The molecule has 22 heavy (non-hydrogen) atoms. The maximum Gasteiger partial charge on any atom is 0.185 e. The van der Waals surface area contributed by atoms with E-state index in [9.17, 15) is 5.11 Å². The Morgan fingerprint density at radius 3 is 2.64 bits per heavy atom. The third-order valence-corrected chi connectivity index (χ3v) is 5.85. The van der Waals surface area contributed by atoms with Crippen LogP contribution in [0.1, 0.15) is 22.9 Å². The number of aromatic nitrogens is 1. The molecule has 2 atom stereocenters. The van der Waals surface area contributed by atoms with Gasteiger partial charge in [-0.3, -0.25) is 4.90 Å². The quantitative estimate of drug-likeness (QED) is 0.922. The highest BCUT2D eigenvalue weighted by molar-refractivity contribution is 7.13. The molecule has 0 saturated carbocycles. The van der Waals surface area contributed by atoms with Crippen LogP contribution >= 0.6 is 11.3 Å². The van der Waals surface area contributed by atoms with E-state index < -0.39 is 0 Å². The fourth-order valence-electron chi connectivity index (χ4n) is 3.61. The summed E-state index contributed by atoms with van der Waals surface area (Å²) in [6, 6.07) is 8.53. The molecule has 1 aliphatic heterocycles. The molecule has 0 radical (unpaired) electrons. The highest BCUT2D eigenvalue weighted by Gasteiger charge is 2.36. The predicted octanol–water partition coefficient (Wildman–Crippen LogP) is 2.23. The van der Waals surface area contributed by atoms with Gasteiger partial charge in [-0.2, -0.15) is 0 Å². The number of aliphatic hydroxyl groups excluding tert-OH is 1. The maximum absolute atomic E-state index is 10.6. The molecule has 5 heteroatoms. The fraction of sp³-hybridized carbons (Fsp3) is 0.471. The minimum atomic E-state index is -0.343. The van der Waals surface area contributed by atoms with E-state index in [1.165, 1.54) is 5.56 Å². The maximum atomic E-state index is 10.6. The summed E-state index contributed by atoms with van der Waals surface area (Å²) in [6.45, 7) is 6.02. The van der Waals surface area contributed by atoms with Gasteiger partial charge in [-0.25, -0.2) is 4.98 Å². The molecule has 0 bridgehead atoms. The number of aryl methyl sites for hydroxylation is 1. The zero-order chi connectivity index (χ0) is 15.1. The lowest BCUT2D eigenvalue weighted by atomic mass is 10.1. The van der Waals surface area contributed by atoms with Gasteiger partial charge in [-0.1, -0.05) is 24.3 Å². The van der Waals surface area contributed by atoms with Gasteiger partial charge in [0.1, 0.15) is 0 Å². The monoisotopic (exact) mass is 315 g/mol. The average Bonchev–Trinajstić information content (AvgIpc) is 3.12. The van der Waals surface area contributed by atoms with Crippen LogP contribution in [0.15, 0.2) is 29.6 Å². The first-order valence-electron chi connectivity index (χ1n) is 7.89. The summed E-state index contributed by atoms with van der Waals surface area (Å²) in [6.07, 6.45) is 0.623. The molecular formula is C17H21N3OS. The molecule has 116 valence electrons. The van der Waals surface area contributed by atoms with E-state index in [1.807, 2.05) is 13.0 Å². The Morgan fingerprint density at radius 1 is 1.18 bits per heavy atom. The van der Waals surface area contributed by atoms with Crippen LogP contribution in [0.3, 0.4) is 0 Å². The smallest absolute Gasteiger partial charge is 0.185 e. The lowest BCUT2D eigenvalue weighted by molar-refractivity contribution is 0.0572. The molecule has 2 aliphatic rings. The van der Waals surface area contributed by atoms with E-state index in [0.29, 0.717) is 0 Å². The first-order valence-corrected chi connectivity index (χ1v) is 8.77. The number of thiazole rings is 1. The molecule has 4 nitrogen and oxygen atoms in total. The van der Waals surface area contributed by atoms with Crippen molar-refractivity contribution >= 4 is 16.5 Å². The molecule has 0 spiro atoms. The molecule has 0 amide bonds. The Kier molecular flexibility index (Phi) is 3.64. The number of fused-ring (bicyclic) bond motifs is 1. The van der Waals surface area contributed by atoms with Gasteiger partial charge in [0.25, 0.3) is 0 Å². The second-order valence-electron chi connectivity index (χ2n) is 6.21. The summed E-state index contributed by atoms with van der Waals surface area (Å²) >= 11 is 1.73. The number of nitrogens with zero attached hydrogens (tertiary/aromatic N) is 3. The summed E-state index contributed by atoms with van der Waals surface area (Å²) in [5, 5.41) is 13.9. The van der Waals surface area contributed by atoms with Crippen molar-refractivity contribution in [3.05, 3.63) is 46.5 Å². The Balaban J connectivity index is 1.42. The molecule has 1 saturated heterocycles. The second-order valence-corrected chi connectivity index (χ2v) is 7.05. The van der Waals surface area contributed by atoms with Gasteiger partial charge in [0.2, 0.25) is 0 Å². The molecule has 4 rings (SSSR count). The average molecular weight is 315 g/mol. The molecule has 1 aromatic heterocycles. The largest absolute Gasteiger partial charge is 0.387 e. The standard InChI is InChI=1S/C17H21N3OS/c1-12-11-22-17(18-12)20-8-6-19(7-9-20)15-10-13-4-2-3-5-14(13)16(15)21/h2-5,11,15-16,21H,6-10H2,1H3. The van der Waals surface area contributed by atoms with Crippen LogP contribution < -0.4 is 4.90 Å². The molecule has 2 unspecified atom stereocenters. The minimum Gasteiger partial charge on any atom is -0.387 e. The second kappa shape index (κ2) is 5.65. The van der Waals surface area contributed by atoms with Gasteiger partial charge in [0.05, 0.1) is 11.8 Å². The van der Waals surface area contributed by atoms with Crippen LogP contribution in [0.5, 0.6) is 0 Å². The van der Waals surface area contributed by atoms with Crippen molar-refractivity contribution in [2.45, 2.75) is 25.5 Å². The van der Waals surface area contributed by atoms with Crippen LogP contribution in [0.25, 0.3) is 0 Å².